The number of nitrogens with zero attached hydrogens (tertiary/aromatic N) is 1. The monoisotopic (exact) mass is 457 g/mol. The molecular formula is C23H19F2N2O4S-. The zero-order valence-electron chi connectivity index (χ0n) is 17.2. The number of halogens is 2. The van der Waals surface area contributed by atoms with Gasteiger partial charge in [-0.15, -0.1) is 0 Å². The fourth-order valence-corrected chi connectivity index (χ4v) is 3.89. The van der Waals surface area contributed by atoms with E-state index in [1.165, 1.54) is 10.6 Å². The van der Waals surface area contributed by atoms with Gasteiger partial charge in [-0.2, -0.15) is 0 Å². The number of pyridine rings is 1. The van der Waals surface area contributed by atoms with E-state index in [2.05, 4.69) is 4.98 Å². The number of hydrogen-bond acceptors (Lipinski definition) is 4. The van der Waals surface area contributed by atoms with E-state index < -0.39 is 28.0 Å². The van der Waals surface area contributed by atoms with E-state index in [9.17, 15) is 22.3 Å². The van der Waals surface area contributed by atoms with Gasteiger partial charge in [-0.05, 0) is 42.3 Å². The van der Waals surface area contributed by atoms with Crippen LogP contribution in [0.15, 0.2) is 59.7 Å². The second-order valence-electron chi connectivity index (χ2n) is 7.51. The molecule has 166 valence electrons. The van der Waals surface area contributed by atoms with Crippen LogP contribution in [0, 0.1) is 11.6 Å². The van der Waals surface area contributed by atoms with Gasteiger partial charge in [0, 0.05) is 47.3 Å². The van der Waals surface area contributed by atoms with Crippen molar-refractivity contribution in [3.63, 3.8) is 0 Å². The van der Waals surface area contributed by atoms with Crippen molar-refractivity contribution >= 4 is 22.0 Å². The summed E-state index contributed by atoms with van der Waals surface area (Å²) in [6, 6.07) is 9.82. The van der Waals surface area contributed by atoms with Gasteiger partial charge in [0.2, 0.25) is 0 Å². The lowest BCUT2D eigenvalue weighted by Crippen LogP contribution is -2.16. The summed E-state index contributed by atoms with van der Waals surface area (Å²) in [4.78, 5) is 15.4. The molecule has 1 N–H and O–H groups in total. The molecule has 2 heterocycles. The minimum absolute atomic E-state index is 0.162. The van der Waals surface area contributed by atoms with Crippen LogP contribution in [0.3, 0.4) is 0 Å². The maximum Gasteiger partial charge on any atom is 0.274 e. The summed E-state index contributed by atoms with van der Waals surface area (Å²) in [5.74, 6) is -1.47. The van der Waals surface area contributed by atoms with E-state index in [0.29, 0.717) is 22.0 Å². The van der Waals surface area contributed by atoms with Crippen molar-refractivity contribution in [3.05, 3.63) is 82.4 Å². The number of hydrogen-bond donors (Lipinski definition) is 1. The zero-order valence-corrected chi connectivity index (χ0v) is 18.0. The fraction of sp³-hybridized carbons (Fsp3) is 0.174. The Morgan fingerprint density at radius 2 is 1.88 bits per heavy atom. The van der Waals surface area contributed by atoms with Gasteiger partial charge in [0.1, 0.15) is 17.1 Å². The van der Waals surface area contributed by atoms with Crippen molar-refractivity contribution in [3.8, 4) is 22.6 Å². The number of nitrogens with one attached hydrogen (secondary N) is 1. The second-order valence-corrected chi connectivity index (χ2v) is 8.83. The first-order chi connectivity index (χ1) is 15.2. The standard InChI is InChI=1S/C23H20F2N2O4S/c1-13(32(29)30)9-14-3-5-20(31-21-6-4-15(24)11-19(21)25)17(10-14)18-12-27(2)23(28)22-16(18)7-8-26-22/h3-8,10-13,26H,9H2,1-2H3,(H,29,30)/p-1. The van der Waals surface area contributed by atoms with E-state index in [4.69, 9.17) is 4.74 Å². The van der Waals surface area contributed by atoms with Crippen LogP contribution in [0.4, 0.5) is 8.78 Å². The summed E-state index contributed by atoms with van der Waals surface area (Å²) < 4.78 is 57.4. The second kappa shape index (κ2) is 8.68. The average molecular weight is 457 g/mol. The van der Waals surface area contributed by atoms with Crippen molar-refractivity contribution in [1.29, 1.82) is 0 Å². The molecule has 0 fully saturated rings. The van der Waals surface area contributed by atoms with Gasteiger partial charge in [-0.3, -0.25) is 9.00 Å². The Kier molecular flexibility index (Phi) is 5.94. The van der Waals surface area contributed by atoms with Crippen molar-refractivity contribution < 1.29 is 22.3 Å². The van der Waals surface area contributed by atoms with E-state index in [1.54, 1.807) is 50.6 Å². The molecule has 0 radical (unpaired) electrons. The Bertz CT molecular complexity index is 1400. The molecule has 0 amide bonds. The minimum Gasteiger partial charge on any atom is -0.772 e. The Morgan fingerprint density at radius 3 is 2.59 bits per heavy atom. The molecular weight excluding hydrogens is 438 g/mol. The highest BCUT2D eigenvalue weighted by atomic mass is 32.2. The minimum atomic E-state index is -2.24. The van der Waals surface area contributed by atoms with E-state index >= 15 is 0 Å². The van der Waals surface area contributed by atoms with Crippen LogP contribution in [-0.2, 0) is 24.5 Å². The Balaban J connectivity index is 1.89. The van der Waals surface area contributed by atoms with Crippen LogP contribution in [-0.4, -0.2) is 23.6 Å². The van der Waals surface area contributed by atoms with Crippen LogP contribution in [0.1, 0.15) is 12.5 Å². The smallest absolute Gasteiger partial charge is 0.274 e. The summed E-state index contributed by atoms with van der Waals surface area (Å²) in [6.07, 6.45) is 3.54. The van der Waals surface area contributed by atoms with Crippen molar-refractivity contribution in [2.75, 3.05) is 0 Å². The Morgan fingerprint density at radius 1 is 1.12 bits per heavy atom. The molecule has 6 nitrogen and oxygen atoms in total. The summed E-state index contributed by atoms with van der Waals surface area (Å²) in [7, 11) is 1.61. The lowest BCUT2D eigenvalue weighted by atomic mass is 9.98. The van der Waals surface area contributed by atoms with Gasteiger partial charge in [-0.1, -0.05) is 24.1 Å². The first-order valence-corrected chi connectivity index (χ1v) is 10.9. The molecule has 2 aromatic carbocycles. The topological polar surface area (TPSA) is 87.2 Å². The largest absolute Gasteiger partial charge is 0.772 e. The molecule has 0 aliphatic carbocycles. The van der Waals surface area contributed by atoms with Gasteiger partial charge >= 0.3 is 0 Å². The zero-order chi connectivity index (χ0) is 23.0. The molecule has 4 aromatic rings. The van der Waals surface area contributed by atoms with E-state index in [-0.39, 0.29) is 23.5 Å². The number of aryl methyl sites for hydroxylation is 1. The number of rotatable bonds is 6. The number of H-pyrrole nitrogens is 1. The molecule has 2 unspecified atom stereocenters. The predicted molar refractivity (Wildman–Crippen MR) is 117 cm³/mol. The number of aromatic amines is 1. The molecule has 32 heavy (non-hydrogen) atoms. The molecule has 0 saturated heterocycles. The average Bonchev–Trinajstić information content (AvgIpc) is 3.24. The number of benzene rings is 2. The Hall–Kier alpha value is -3.30. The first kappa shape index (κ1) is 21.9. The highest BCUT2D eigenvalue weighted by molar-refractivity contribution is 7.79. The molecule has 0 aliphatic rings. The van der Waals surface area contributed by atoms with Crippen LogP contribution in [0.2, 0.25) is 0 Å². The molecule has 2 atom stereocenters. The van der Waals surface area contributed by atoms with Crippen molar-refractivity contribution in [2.24, 2.45) is 7.05 Å². The predicted octanol–water partition coefficient (Wildman–Crippen LogP) is 4.41. The van der Waals surface area contributed by atoms with E-state index in [1.807, 2.05) is 0 Å². The van der Waals surface area contributed by atoms with Gasteiger partial charge in [0.25, 0.3) is 5.56 Å². The molecule has 0 saturated carbocycles. The van der Waals surface area contributed by atoms with Gasteiger partial charge in [0.15, 0.2) is 11.6 Å². The summed E-state index contributed by atoms with van der Waals surface area (Å²) >= 11 is -2.24. The molecule has 0 spiro atoms. The molecule has 4 rings (SSSR count). The summed E-state index contributed by atoms with van der Waals surface area (Å²) in [5, 5.41) is 0.0201. The summed E-state index contributed by atoms with van der Waals surface area (Å²) in [6.45, 7) is 1.59. The third kappa shape index (κ3) is 4.21. The van der Waals surface area contributed by atoms with Crippen molar-refractivity contribution in [2.45, 2.75) is 18.6 Å². The fourth-order valence-electron chi connectivity index (χ4n) is 3.56. The molecule has 2 aromatic heterocycles. The summed E-state index contributed by atoms with van der Waals surface area (Å²) in [5.41, 5.74) is 2.07. The third-order valence-corrected chi connectivity index (χ3v) is 6.02. The highest BCUT2D eigenvalue weighted by Gasteiger charge is 2.17. The maximum absolute atomic E-state index is 14.2. The lowest BCUT2D eigenvalue weighted by molar-refractivity contribution is 0.439. The number of ether oxygens (including phenoxy) is 1. The third-order valence-electron chi connectivity index (χ3n) is 5.19. The lowest BCUT2D eigenvalue weighted by Gasteiger charge is -2.18. The van der Waals surface area contributed by atoms with Gasteiger partial charge in [0.05, 0.1) is 0 Å². The SMILES string of the molecule is CC(Cc1ccc(Oc2ccc(F)cc2F)c(-c2cn(C)c(=O)c3[nH]ccc23)c1)S(=O)[O-]. The molecule has 0 bridgehead atoms. The first-order valence-electron chi connectivity index (χ1n) is 9.75. The molecule has 9 heteroatoms. The van der Waals surface area contributed by atoms with E-state index in [0.717, 1.165) is 17.7 Å². The van der Waals surface area contributed by atoms with Crippen LogP contribution >= 0.6 is 0 Å². The van der Waals surface area contributed by atoms with Crippen LogP contribution < -0.4 is 10.3 Å². The maximum atomic E-state index is 14.2. The molecule has 0 aliphatic heterocycles. The van der Waals surface area contributed by atoms with Gasteiger partial charge < -0.3 is 18.8 Å². The van der Waals surface area contributed by atoms with Gasteiger partial charge in [-0.25, -0.2) is 8.78 Å². The Labute approximate surface area is 184 Å². The number of fused-ring (bicyclic) bond motifs is 1. The van der Waals surface area contributed by atoms with Crippen LogP contribution in [0.25, 0.3) is 22.0 Å². The van der Waals surface area contributed by atoms with Crippen molar-refractivity contribution in [1.82, 2.24) is 9.55 Å². The number of aromatic nitrogens is 2. The highest BCUT2D eigenvalue weighted by Crippen LogP contribution is 2.38. The normalized spacial score (nSPS) is 13.3. The van der Waals surface area contributed by atoms with Crippen LogP contribution in [0.5, 0.6) is 11.5 Å². The quantitative estimate of drug-likeness (QED) is 0.435.